The predicted octanol–water partition coefficient (Wildman–Crippen LogP) is 7.34. The molecule has 4 aliphatic rings. The fraction of sp³-hybridized carbons (Fsp3) is 0.462. The van der Waals surface area contributed by atoms with E-state index in [1.54, 1.807) is 30.3 Å². The highest BCUT2D eigenvalue weighted by Crippen LogP contribution is 2.65. The molecule has 0 heterocycles. The van der Waals surface area contributed by atoms with E-state index in [0.717, 1.165) is 19.3 Å². The van der Waals surface area contributed by atoms with Crippen LogP contribution in [0.25, 0.3) is 0 Å². The maximum absolute atomic E-state index is 13.2. The lowest BCUT2D eigenvalue weighted by molar-refractivity contribution is -0.160. The monoisotopic (exact) mass is 549 g/mol. The summed E-state index contributed by atoms with van der Waals surface area (Å²) in [6.45, 7) is 0. The topological polar surface area (TPSA) is 55.4 Å². The molecule has 0 spiro atoms. The number of anilines is 1. The van der Waals surface area contributed by atoms with Crippen LogP contribution in [0.4, 0.5) is 5.69 Å². The summed E-state index contributed by atoms with van der Waals surface area (Å²) in [5.41, 5.74) is 1.05. The minimum absolute atomic E-state index is 0.0249. The lowest BCUT2D eigenvalue weighted by Gasteiger charge is -2.60. The number of halogens is 3. The van der Waals surface area contributed by atoms with Gasteiger partial charge in [-0.2, -0.15) is 0 Å². The molecule has 2 aromatic rings. The highest BCUT2D eigenvalue weighted by molar-refractivity contribution is 9.10. The van der Waals surface area contributed by atoms with Gasteiger partial charge in [-0.05, 0) is 74.0 Å². The molecule has 0 unspecified atom stereocenters. The Morgan fingerprint density at radius 2 is 1.67 bits per heavy atom. The number of amides is 1. The van der Waals surface area contributed by atoms with E-state index in [9.17, 15) is 9.59 Å². The number of ether oxygens (including phenoxy) is 1. The number of benzene rings is 2. The Labute approximate surface area is 212 Å². The van der Waals surface area contributed by atoms with E-state index < -0.39 is 12.0 Å². The fourth-order valence-corrected chi connectivity index (χ4v) is 8.79. The smallest absolute Gasteiger partial charge is 0.307 e. The molecular weight excluding hydrogens is 525 g/mol. The summed E-state index contributed by atoms with van der Waals surface area (Å²) in [5.74, 6) is 0.606. The van der Waals surface area contributed by atoms with Crippen molar-refractivity contribution in [3.05, 3.63) is 64.1 Å². The van der Waals surface area contributed by atoms with Crippen molar-refractivity contribution in [3.8, 4) is 0 Å². The molecule has 0 aliphatic heterocycles. The Hall–Kier alpha value is -1.56. The largest absolute Gasteiger partial charge is 0.447 e. The summed E-state index contributed by atoms with van der Waals surface area (Å²) >= 11 is 16.2. The zero-order valence-electron chi connectivity index (χ0n) is 18.2. The lowest BCUT2D eigenvalue weighted by atomic mass is 9.49. The van der Waals surface area contributed by atoms with E-state index in [1.807, 2.05) is 18.2 Å². The Morgan fingerprint density at radius 1 is 1.03 bits per heavy atom. The van der Waals surface area contributed by atoms with E-state index in [1.165, 1.54) is 19.3 Å². The second kappa shape index (κ2) is 8.90. The van der Waals surface area contributed by atoms with E-state index in [4.69, 9.17) is 27.9 Å². The first-order valence-electron chi connectivity index (χ1n) is 11.4. The van der Waals surface area contributed by atoms with Crippen molar-refractivity contribution in [3.63, 3.8) is 0 Å². The van der Waals surface area contributed by atoms with E-state index >= 15 is 0 Å². The van der Waals surface area contributed by atoms with Crippen molar-refractivity contribution >= 4 is 56.7 Å². The first-order chi connectivity index (χ1) is 15.7. The highest BCUT2D eigenvalue weighted by Gasteiger charge is 2.57. The van der Waals surface area contributed by atoms with Gasteiger partial charge in [-0.3, -0.25) is 9.59 Å². The molecule has 33 heavy (non-hydrogen) atoms. The maximum atomic E-state index is 13.2. The number of hydrogen-bond acceptors (Lipinski definition) is 3. The van der Waals surface area contributed by atoms with Crippen LogP contribution in [0.5, 0.6) is 0 Å². The number of nitrogens with one attached hydrogen (secondary N) is 1. The summed E-state index contributed by atoms with van der Waals surface area (Å²) in [7, 11) is 0. The number of carbonyl (C=O) groups is 2. The summed E-state index contributed by atoms with van der Waals surface area (Å²) in [4.78, 5) is 26.4. The van der Waals surface area contributed by atoms with Gasteiger partial charge >= 0.3 is 5.97 Å². The van der Waals surface area contributed by atoms with Crippen LogP contribution < -0.4 is 5.32 Å². The van der Waals surface area contributed by atoms with E-state index in [-0.39, 0.29) is 15.7 Å². The number of carbonyl (C=O) groups excluding carboxylic acids is 2. The maximum Gasteiger partial charge on any atom is 0.307 e. The number of rotatable bonds is 6. The van der Waals surface area contributed by atoms with Crippen LogP contribution >= 0.6 is 39.1 Å². The van der Waals surface area contributed by atoms with Crippen molar-refractivity contribution < 1.29 is 14.3 Å². The average Bonchev–Trinajstić information content (AvgIpc) is 2.69. The number of esters is 1. The molecule has 3 atom stereocenters. The van der Waals surface area contributed by atoms with E-state index in [2.05, 4.69) is 21.2 Å². The van der Waals surface area contributed by atoms with Crippen LogP contribution in [0.1, 0.15) is 56.6 Å². The SMILES string of the molecule is O=C(CC12C[C@H]3C[C@@H](CC(Br)(C3)C1)C2)O[C@H](C(=O)Nc1cc(Cl)cc(Cl)c1)c1ccccc1. The molecule has 4 aliphatic carbocycles. The van der Waals surface area contributed by atoms with Gasteiger partial charge in [0.25, 0.3) is 5.91 Å². The van der Waals surface area contributed by atoms with Crippen molar-refractivity contribution in [1.29, 1.82) is 0 Å². The molecule has 0 aromatic heterocycles. The standard InChI is InChI=1S/C26H26BrCl2NO3/c27-26-12-16-6-17(13-26)11-25(10-16,15-26)14-22(31)33-23(18-4-2-1-3-5-18)24(32)30-21-8-19(28)7-20(29)9-21/h1-5,7-9,16-17,23H,6,10-15H2,(H,30,32)/t16-,17-,23+,25?,26?/m1/s1. The van der Waals surface area contributed by atoms with Gasteiger partial charge in [0.05, 0.1) is 6.42 Å². The van der Waals surface area contributed by atoms with Crippen LogP contribution in [0.15, 0.2) is 48.5 Å². The second-order valence-corrected chi connectivity index (χ2v) is 12.8. The first kappa shape index (κ1) is 23.2. The molecule has 1 N–H and O–H groups in total. The predicted molar refractivity (Wildman–Crippen MR) is 134 cm³/mol. The van der Waals surface area contributed by atoms with Gasteiger partial charge in [-0.25, -0.2) is 0 Å². The Kier molecular flexibility index (Phi) is 6.26. The molecule has 0 saturated heterocycles. The second-order valence-electron chi connectivity index (χ2n) is 10.2. The fourth-order valence-electron chi connectivity index (χ4n) is 6.76. The lowest BCUT2D eigenvalue weighted by Crippen LogP contribution is -2.53. The molecule has 4 nitrogen and oxygen atoms in total. The normalized spacial score (nSPS) is 30.6. The van der Waals surface area contributed by atoms with Gasteiger partial charge < -0.3 is 10.1 Å². The quantitative estimate of drug-likeness (QED) is 0.302. The average molecular weight is 551 g/mol. The van der Waals surface area contributed by atoms with Gasteiger partial charge in [0.15, 0.2) is 0 Å². The number of hydrogen-bond donors (Lipinski definition) is 1. The first-order valence-corrected chi connectivity index (χ1v) is 13.0. The minimum Gasteiger partial charge on any atom is -0.447 e. The van der Waals surface area contributed by atoms with Crippen LogP contribution in [-0.2, 0) is 14.3 Å². The van der Waals surface area contributed by atoms with Crippen LogP contribution in [0.3, 0.4) is 0 Å². The van der Waals surface area contributed by atoms with Gasteiger partial charge in [-0.1, -0.05) is 69.5 Å². The third-order valence-corrected chi connectivity index (χ3v) is 8.71. The molecule has 0 radical (unpaired) electrons. The zero-order valence-corrected chi connectivity index (χ0v) is 21.3. The number of alkyl halides is 1. The molecule has 2 aromatic carbocycles. The molecule has 7 heteroatoms. The third kappa shape index (κ3) is 5.11. The molecule has 6 rings (SSSR count). The Bertz CT molecular complexity index is 1040. The van der Waals surface area contributed by atoms with Gasteiger partial charge in [0.2, 0.25) is 6.10 Å². The van der Waals surface area contributed by atoms with Crippen molar-refractivity contribution in [2.45, 2.75) is 55.4 Å². The van der Waals surface area contributed by atoms with Gasteiger partial charge in [-0.15, -0.1) is 0 Å². The van der Waals surface area contributed by atoms with Crippen molar-refractivity contribution in [1.82, 2.24) is 0 Å². The third-order valence-electron chi connectivity index (χ3n) is 7.35. The van der Waals surface area contributed by atoms with Gasteiger partial charge in [0, 0.05) is 25.6 Å². The highest BCUT2D eigenvalue weighted by atomic mass is 79.9. The summed E-state index contributed by atoms with van der Waals surface area (Å²) in [6.07, 6.45) is 6.15. The van der Waals surface area contributed by atoms with Crippen LogP contribution in [-0.4, -0.2) is 16.2 Å². The molecule has 1 amide bonds. The Balaban J connectivity index is 1.33. The Morgan fingerprint density at radius 3 is 2.27 bits per heavy atom. The van der Waals surface area contributed by atoms with Crippen molar-refractivity contribution in [2.24, 2.45) is 17.3 Å². The summed E-state index contributed by atoms with van der Waals surface area (Å²) < 4.78 is 6.04. The summed E-state index contributed by atoms with van der Waals surface area (Å²) in [5, 5.41) is 3.63. The molecule has 4 bridgehead atoms. The van der Waals surface area contributed by atoms with Gasteiger partial charge in [0.1, 0.15) is 0 Å². The van der Waals surface area contributed by atoms with Crippen LogP contribution in [0.2, 0.25) is 10.0 Å². The zero-order chi connectivity index (χ0) is 23.2. The summed E-state index contributed by atoms with van der Waals surface area (Å²) in [6, 6.07) is 13.9. The molecular formula is C26H26BrCl2NO3. The van der Waals surface area contributed by atoms with Crippen LogP contribution in [0, 0.1) is 17.3 Å². The van der Waals surface area contributed by atoms with Crippen molar-refractivity contribution in [2.75, 3.05) is 5.32 Å². The molecule has 174 valence electrons. The minimum atomic E-state index is -1.05. The molecule has 4 saturated carbocycles. The molecule has 4 fully saturated rings. The van der Waals surface area contributed by atoms with E-state index in [0.29, 0.717) is 39.6 Å².